The summed E-state index contributed by atoms with van der Waals surface area (Å²) < 4.78 is 47.0. The molecule has 0 aromatic heterocycles. The van der Waals surface area contributed by atoms with Crippen molar-refractivity contribution in [3.8, 4) is 16.9 Å². The Morgan fingerprint density at radius 2 is 0.926 bits per heavy atom. The van der Waals surface area contributed by atoms with Gasteiger partial charge < -0.3 is 19.3 Å². The molecule has 0 aliphatic rings. The molecule has 0 atom stereocenters. The first-order chi connectivity index (χ1) is 25.6. The van der Waals surface area contributed by atoms with E-state index in [9.17, 15) is 19.2 Å². The average Bonchev–Trinajstić information content (AvgIpc) is 3.15. The predicted molar refractivity (Wildman–Crippen MR) is 199 cm³/mol. The van der Waals surface area contributed by atoms with E-state index in [2.05, 4.69) is 0 Å². The first-order valence-electron chi connectivity index (χ1n) is 17.2. The molecular weight excluding hydrogens is 694 g/mol. The standard InChI is InChI=1S/C44H40F2O8/c1-43(2,26-52-40(49)29-12-10-28(11-13-29)39(47)48)24-34-20-18-32(22-37(34)45)33-19-21-35(38(46)23-33)25-44(3,4)27-53-41(50)30-14-16-31(17-15-30)42(51)54-36-8-6-5-7-9-36/h5-23H,24-27H2,1-4H3,(H,47,48). The number of aromatic carboxylic acids is 1. The number of hydrogen-bond donors (Lipinski definition) is 1. The molecule has 0 aliphatic heterocycles. The van der Waals surface area contributed by atoms with E-state index in [4.69, 9.17) is 19.3 Å². The van der Waals surface area contributed by atoms with Crippen LogP contribution in [-0.2, 0) is 22.3 Å². The zero-order valence-corrected chi connectivity index (χ0v) is 30.4. The smallest absolute Gasteiger partial charge is 0.343 e. The second-order valence-electron chi connectivity index (χ2n) is 14.6. The van der Waals surface area contributed by atoms with E-state index < -0.39 is 46.3 Å². The number of carbonyl (C=O) groups is 4. The Hall–Kier alpha value is -6.16. The molecule has 8 nitrogen and oxygen atoms in total. The van der Waals surface area contributed by atoms with Crippen LogP contribution < -0.4 is 4.74 Å². The van der Waals surface area contributed by atoms with Crippen molar-refractivity contribution in [2.24, 2.45) is 10.8 Å². The normalized spacial score (nSPS) is 11.4. The number of benzene rings is 5. The summed E-state index contributed by atoms with van der Waals surface area (Å²) in [6, 6.07) is 29.4. The third kappa shape index (κ3) is 10.5. The molecule has 54 heavy (non-hydrogen) atoms. The highest BCUT2D eigenvalue weighted by Gasteiger charge is 2.25. The minimum absolute atomic E-state index is 0.00338. The monoisotopic (exact) mass is 734 g/mol. The predicted octanol–water partition coefficient (Wildman–Crippen LogP) is 9.40. The van der Waals surface area contributed by atoms with Crippen LogP contribution in [0.3, 0.4) is 0 Å². The van der Waals surface area contributed by atoms with Crippen molar-refractivity contribution in [1.29, 1.82) is 0 Å². The van der Waals surface area contributed by atoms with E-state index in [0.717, 1.165) is 0 Å². The lowest BCUT2D eigenvalue weighted by molar-refractivity contribution is 0.0334. The molecule has 0 amide bonds. The maximum Gasteiger partial charge on any atom is 0.343 e. The van der Waals surface area contributed by atoms with Crippen LogP contribution in [0.2, 0.25) is 0 Å². The van der Waals surface area contributed by atoms with E-state index in [0.29, 0.717) is 28.0 Å². The Kier molecular flexibility index (Phi) is 12.1. The summed E-state index contributed by atoms with van der Waals surface area (Å²) in [5.41, 5.74) is 1.33. The molecule has 0 saturated heterocycles. The summed E-state index contributed by atoms with van der Waals surface area (Å²) in [4.78, 5) is 48.7. The fourth-order valence-corrected chi connectivity index (χ4v) is 5.71. The molecule has 278 valence electrons. The van der Waals surface area contributed by atoms with Crippen LogP contribution in [0.1, 0.15) is 80.3 Å². The highest BCUT2D eigenvalue weighted by atomic mass is 19.1. The van der Waals surface area contributed by atoms with Crippen LogP contribution in [0.5, 0.6) is 5.75 Å². The minimum Gasteiger partial charge on any atom is -0.478 e. The lowest BCUT2D eigenvalue weighted by atomic mass is 9.85. The van der Waals surface area contributed by atoms with Gasteiger partial charge in [0.05, 0.1) is 35.5 Å². The fraction of sp³-hybridized carbons (Fsp3) is 0.227. The van der Waals surface area contributed by atoms with Gasteiger partial charge in [0.15, 0.2) is 0 Å². The third-order valence-corrected chi connectivity index (χ3v) is 8.64. The van der Waals surface area contributed by atoms with Crippen molar-refractivity contribution in [3.63, 3.8) is 0 Å². The van der Waals surface area contributed by atoms with E-state index in [1.165, 1.54) is 60.7 Å². The first kappa shape index (κ1) is 39.1. The zero-order valence-electron chi connectivity index (χ0n) is 30.4. The number of esters is 3. The Labute approximate surface area is 312 Å². The van der Waals surface area contributed by atoms with Crippen molar-refractivity contribution in [2.45, 2.75) is 40.5 Å². The van der Waals surface area contributed by atoms with E-state index in [1.807, 2.05) is 33.8 Å². The summed E-state index contributed by atoms with van der Waals surface area (Å²) >= 11 is 0. The number of carbonyl (C=O) groups excluding carboxylic acids is 3. The Balaban J connectivity index is 1.13. The van der Waals surface area contributed by atoms with Crippen LogP contribution in [0.15, 0.2) is 115 Å². The molecule has 10 heteroatoms. The van der Waals surface area contributed by atoms with Gasteiger partial charge in [-0.2, -0.15) is 0 Å². The van der Waals surface area contributed by atoms with Gasteiger partial charge in [-0.3, -0.25) is 0 Å². The number of hydrogen-bond acceptors (Lipinski definition) is 7. The lowest BCUT2D eigenvalue weighted by Crippen LogP contribution is -2.25. The maximum atomic E-state index is 15.4. The van der Waals surface area contributed by atoms with Crippen molar-refractivity contribution < 1.29 is 47.3 Å². The molecule has 0 unspecified atom stereocenters. The lowest BCUT2D eigenvalue weighted by Gasteiger charge is -2.25. The maximum absolute atomic E-state index is 15.4. The molecule has 0 heterocycles. The van der Waals surface area contributed by atoms with Gasteiger partial charge in [0.25, 0.3) is 0 Å². The van der Waals surface area contributed by atoms with E-state index in [-0.39, 0.29) is 48.3 Å². The number of para-hydroxylation sites is 1. The molecule has 5 rings (SSSR count). The number of ether oxygens (including phenoxy) is 3. The quantitative estimate of drug-likeness (QED) is 0.0887. The largest absolute Gasteiger partial charge is 0.478 e. The Morgan fingerprint density at radius 3 is 1.31 bits per heavy atom. The van der Waals surface area contributed by atoms with Gasteiger partial charge in [-0.1, -0.05) is 70.2 Å². The van der Waals surface area contributed by atoms with Crippen molar-refractivity contribution in [2.75, 3.05) is 13.2 Å². The molecule has 0 fully saturated rings. The molecule has 0 saturated carbocycles. The minimum atomic E-state index is -1.10. The molecule has 1 N–H and O–H groups in total. The van der Waals surface area contributed by atoms with Gasteiger partial charge in [0.1, 0.15) is 17.4 Å². The molecule has 5 aromatic rings. The summed E-state index contributed by atoms with van der Waals surface area (Å²) in [6.07, 6.45) is 0.517. The zero-order chi connectivity index (χ0) is 39.0. The molecule has 5 aromatic carbocycles. The van der Waals surface area contributed by atoms with Crippen molar-refractivity contribution in [1.82, 2.24) is 0 Å². The first-order valence-corrected chi connectivity index (χ1v) is 17.2. The van der Waals surface area contributed by atoms with Crippen LogP contribution in [0.4, 0.5) is 8.78 Å². The van der Waals surface area contributed by atoms with Gasteiger partial charge >= 0.3 is 23.9 Å². The van der Waals surface area contributed by atoms with Crippen LogP contribution in [0, 0.1) is 22.5 Å². The molecule has 0 bridgehead atoms. The molecule has 0 spiro atoms. The number of carboxylic acid groups (broad SMARTS) is 1. The second kappa shape index (κ2) is 16.7. The summed E-state index contributed by atoms with van der Waals surface area (Å²) in [5.74, 6) is -3.40. The Bertz CT molecular complexity index is 2140. The van der Waals surface area contributed by atoms with Gasteiger partial charge in [-0.25, -0.2) is 28.0 Å². The summed E-state index contributed by atoms with van der Waals surface area (Å²) in [6.45, 7) is 7.38. The van der Waals surface area contributed by atoms with Crippen LogP contribution in [0.25, 0.3) is 11.1 Å². The highest BCUT2D eigenvalue weighted by Crippen LogP contribution is 2.31. The highest BCUT2D eigenvalue weighted by molar-refractivity contribution is 5.94. The molecule has 0 radical (unpaired) electrons. The number of carboxylic acids is 1. The van der Waals surface area contributed by atoms with Gasteiger partial charge in [0, 0.05) is 10.8 Å². The van der Waals surface area contributed by atoms with Crippen LogP contribution in [-0.4, -0.2) is 42.2 Å². The summed E-state index contributed by atoms with van der Waals surface area (Å²) in [7, 11) is 0. The van der Waals surface area contributed by atoms with E-state index in [1.54, 1.807) is 48.5 Å². The van der Waals surface area contributed by atoms with Crippen LogP contribution >= 0.6 is 0 Å². The molecular formula is C44H40F2O8. The van der Waals surface area contributed by atoms with E-state index >= 15 is 8.78 Å². The van der Waals surface area contributed by atoms with Gasteiger partial charge in [0.2, 0.25) is 0 Å². The van der Waals surface area contributed by atoms with Crippen molar-refractivity contribution >= 4 is 23.9 Å². The third-order valence-electron chi connectivity index (χ3n) is 8.64. The SMILES string of the molecule is CC(C)(COC(=O)c1ccc(C(=O)O)cc1)Cc1ccc(-c2ccc(CC(C)(C)COC(=O)c3ccc(C(=O)Oc4ccccc4)cc3)c(F)c2)cc1F. The summed E-state index contributed by atoms with van der Waals surface area (Å²) in [5, 5.41) is 9.04. The van der Waals surface area contributed by atoms with Crippen molar-refractivity contribution in [3.05, 3.63) is 160 Å². The van der Waals surface area contributed by atoms with Gasteiger partial charge in [-0.15, -0.1) is 0 Å². The molecule has 0 aliphatic carbocycles. The van der Waals surface area contributed by atoms with Gasteiger partial charge in [-0.05, 0) is 108 Å². The fourth-order valence-electron chi connectivity index (χ4n) is 5.71. The number of rotatable bonds is 14. The topological polar surface area (TPSA) is 116 Å². The second-order valence-corrected chi connectivity index (χ2v) is 14.6. The number of halogens is 2. The Morgan fingerprint density at radius 1 is 0.537 bits per heavy atom. The average molecular weight is 735 g/mol.